The highest BCUT2D eigenvalue weighted by Gasteiger charge is 2.16. The standard InChI is InChI=1S/C13H21N5/c1-5-10-6-11(18(4)16-10)7-12(14-2)13-8-15-9-17(13)3/h6,8-9,12,14H,5,7H2,1-4H3. The molecule has 2 heterocycles. The molecule has 1 unspecified atom stereocenters. The summed E-state index contributed by atoms with van der Waals surface area (Å²) in [7, 11) is 6.01. The fourth-order valence-electron chi connectivity index (χ4n) is 2.20. The van der Waals surface area contributed by atoms with Gasteiger partial charge in [-0.3, -0.25) is 4.68 Å². The number of aryl methyl sites for hydroxylation is 3. The van der Waals surface area contributed by atoms with Gasteiger partial charge in [-0.2, -0.15) is 5.10 Å². The Morgan fingerprint density at radius 3 is 2.67 bits per heavy atom. The summed E-state index contributed by atoms with van der Waals surface area (Å²) in [6.45, 7) is 2.13. The van der Waals surface area contributed by atoms with Crippen molar-refractivity contribution in [3.63, 3.8) is 0 Å². The van der Waals surface area contributed by atoms with Crippen molar-refractivity contribution in [2.45, 2.75) is 25.8 Å². The molecule has 0 saturated heterocycles. The van der Waals surface area contributed by atoms with E-state index >= 15 is 0 Å². The van der Waals surface area contributed by atoms with Crippen molar-refractivity contribution in [1.82, 2.24) is 24.6 Å². The molecule has 2 rings (SSSR count). The zero-order chi connectivity index (χ0) is 13.1. The smallest absolute Gasteiger partial charge is 0.0946 e. The molecule has 98 valence electrons. The fraction of sp³-hybridized carbons (Fsp3) is 0.538. The van der Waals surface area contributed by atoms with Crippen molar-refractivity contribution in [3.8, 4) is 0 Å². The van der Waals surface area contributed by atoms with E-state index in [0.29, 0.717) is 0 Å². The number of imidazole rings is 1. The van der Waals surface area contributed by atoms with E-state index in [9.17, 15) is 0 Å². The minimum Gasteiger partial charge on any atom is -0.336 e. The van der Waals surface area contributed by atoms with Gasteiger partial charge in [-0.05, 0) is 19.5 Å². The Kier molecular flexibility index (Phi) is 3.81. The van der Waals surface area contributed by atoms with Crippen LogP contribution in [0.3, 0.4) is 0 Å². The molecule has 0 aliphatic carbocycles. The van der Waals surface area contributed by atoms with Gasteiger partial charge in [0.2, 0.25) is 0 Å². The highest BCUT2D eigenvalue weighted by Crippen LogP contribution is 2.17. The van der Waals surface area contributed by atoms with Crippen molar-refractivity contribution in [2.24, 2.45) is 14.1 Å². The maximum Gasteiger partial charge on any atom is 0.0946 e. The maximum absolute atomic E-state index is 4.49. The largest absolute Gasteiger partial charge is 0.336 e. The van der Waals surface area contributed by atoms with Crippen LogP contribution in [0.4, 0.5) is 0 Å². The predicted octanol–water partition coefficient (Wildman–Crippen LogP) is 1.22. The van der Waals surface area contributed by atoms with E-state index in [1.807, 2.05) is 38.3 Å². The minimum absolute atomic E-state index is 0.262. The molecule has 5 heteroatoms. The van der Waals surface area contributed by atoms with Gasteiger partial charge < -0.3 is 9.88 Å². The number of hydrogen-bond acceptors (Lipinski definition) is 3. The van der Waals surface area contributed by atoms with Crippen LogP contribution in [0.25, 0.3) is 0 Å². The van der Waals surface area contributed by atoms with Gasteiger partial charge in [0.1, 0.15) is 0 Å². The molecular formula is C13H21N5. The molecule has 1 atom stereocenters. The van der Waals surface area contributed by atoms with Crippen molar-refractivity contribution < 1.29 is 0 Å². The van der Waals surface area contributed by atoms with Crippen LogP contribution in [0, 0.1) is 0 Å². The molecule has 0 amide bonds. The number of rotatable bonds is 5. The number of aromatic nitrogens is 4. The average Bonchev–Trinajstić information content (AvgIpc) is 2.93. The number of likely N-dealkylation sites (N-methyl/N-ethyl adjacent to an activating group) is 1. The normalized spacial score (nSPS) is 12.9. The molecule has 0 aliphatic rings. The lowest BCUT2D eigenvalue weighted by Crippen LogP contribution is -2.22. The molecule has 2 aromatic rings. The van der Waals surface area contributed by atoms with Crippen LogP contribution in [0.1, 0.15) is 30.0 Å². The summed E-state index contributed by atoms with van der Waals surface area (Å²) in [6, 6.07) is 2.44. The van der Waals surface area contributed by atoms with Crippen LogP contribution in [0.2, 0.25) is 0 Å². The molecule has 0 aliphatic heterocycles. The van der Waals surface area contributed by atoms with Gasteiger partial charge in [0.15, 0.2) is 0 Å². The highest BCUT2D eigenvalue weighted by atomic mass is 15.3. The Bertz CT molecular complexity index is 511. The molecule has 0 saturated carbocycles. The summed E-state index contributed by atoms with van der Waals surface area (Å²) in [6.07, 6.45) is 5.64. The van der Waals surface area contributed by atoms with Gasteiger partial charge in [0.05, 0.1) is 23.8 Å². The molecule has 0 fully saturated rings. The molecule has 0 aromatic carbocycles. The van der Waals surface area contributed by atoms with Gasteiger partial charge in [0.25, 0.3) is 0 Å². The lowest BCUT2D eigenvalue weighted by Gasteiger charge is -2.16. The van der Waals surface area contributed by atoms with Gasteiger partial charge in [-0.25, -0.2) is 4.98 Å². The first kappa shape index (κ1) is 12.8. The first-order valence-corrected chi connectivity index (χ1v) is 6.31. The monoisotopic (exact) mass is 247 g/mol. The van der Waals surface area contributed by atoms with Gasteiger partial charge in [0, 0.05) is 32.4 Å². The summed E-state index contributed by atoms with van der Waals surface area (Å²) in [5.74, 6) is 0. The Hall–Kier alpha value is -1.62. The molecular weight excluding hydrogens is 226 g/mol. The third-order valence-electron chi connectivity index (χ3n) is 3.36. The van der Waals surface area contributed by atoms with Crippen LogP contribution >= 0.6 is 0 Å². The molecule has 18 heavy (non-hydrogen) atoms. The maximum atomic E-state index is 4.49. The van der Waals surface area contributed by atoms with E-state index in [-0.39, 0.29) is 6.04 Å². The molecule has 0 radical (unpaired) electrons. The lowest BCUT2D eigenvalue weighted by molar-refractivity contribution is 0.532. The summed E-state index contributed by atoms with van der Waals surface area (Å²) >= 11 is 0. The number of nitrogens with one attached hydrogen (secondary N) is 1. The van der Waals surface area contributed by atoms with E-state index in [1.54, 1.807) is 0 Å². The molecule has 2 aromatic heterocycles. The van der Waals surface area contributed by atoms with E-state index in [1.165, 1.54) is 11.4 Å². The van der Waals surface area contributed by atoms with Crippen LogP contribution in [0.5, 0.6) is 0 Å². The Morgan fingerprint density at radius 1 is 1.39 bits per heavy atom. The number of nitrogens with zero attached hydrogens (tertiary/aromatic N) is 4. The summed E-state index contributed by atoms with van der Waals surface area (Å²) in [5.41, 5.74) is 3.58. The molecule has 0 bridgehead atoms. The second-order valence-corrected chi connectivity index (χ2v) is 4.58. The zero-order valence-corrected chi connectivity index (χ0v) is 11.5. The van der Waals surface area contributed by atoms with Gasteiger partial charge in [-0.15, -0.1) is 0 Å². The van der Waals surface area contributed by atoms with Gasteiger partial charge >= 0.3 is 0 Å². The molecule has 5 nitrogen and oxygen atoms in total. The van der Waals surface area contributed by atoms with Crippen molar-refractivity contribution in [1.29, 1.82) is 0 Å². The molecule has 1 N–H and O–H groups in total. The second-order valence-electron chi connectivity index (χ2n) is 4.58. The Balaban J connectivity index is 2.20. The zero-order valence-electron chi connectivity index (χ0n) is 11.5. The molecule has 0 spiro atoms. The van der Waals surface area contributed by atoms with E-state index in [4.69, 9.17) is 0 Å². The van der Waals surface area contributed by atoms with Crippen LogP contribution in [-0.4, -0.2) is 26.4 Å². The quantitative estimate of drug-likeness (QED) is 0.864. The third kappa shape index (κ3) is 2.46. The fourth-order valence-corrected chi connectivity index (χ4v) is 2.20. The number of hydrogen-bond donors (Lipinski definition) is 1. The highest BCUT2D eigenvalue weighted by molar-refractivity contribution is 5.15. The second kappa shape index (κ2) is 5.35. The predicted molar refractivity (Wildman–Crippen MR) is 71.3 cm³/mol. The van der Waals surface area contributed by atoms with Gasteiger partial charge in [-0.1, -0.05) is 6.92 Å². The lowest BCUT2D eigenvalue weighted by atomic mass is 10.1. The first-order chi connectivity index (χ1) is 8.65. The Morgan fingerprint density at radius 2 is 2.17 bits per heavy atom. The van der Waals surface area contributed by atoms with Crippen molar-refractivity contribution in [3.05, 3.63) is 35.7 Å². The van der Waals surface area contributed by atoms with Crippen LogP contribution in [0.15, 0.2) is 18.6 Å². The van der Waals surface area contributed by atoms with Crippen LogP contribution in [-0.2, 0) is 26.9 Å². The summed E-state index contributed by atoms with van der Waals surface area (Å²) in [5, 5.41) is 7.83. The average molecular weight is 247 g/mol. The minimum atomic E-state index is 0.262. The van der Waals surface area contributed by atoms with E-state index < -0.39 is 0 Å². The SMILES string of the molecule is CCc1cc(CC(NC)c2cncn2C)n(C)n1. The summed E-state index contributed by atoms with van der Waals surface area (Å²) < 4.78 is 4.03. The van der Waals surface area contributed by atoms with Crippen LogP contribution < -0.4 is 5.32 Å². The van der Waals surface area contributed by atoms with Crippen molar-refractivity contribution in [2.75, 3.05) is 7.05 Å². The first-order valence-electron chi connectivity index (χ1n) is 6.31. The van der Waals surface area contributed by atoms with E-state index in [0.717, 1.165) is 18.5 Å². The third-order valence-corrected chi connectivity index (χ3v) is 3.36. The Labute approximate surface area is 108 Å². The topological polar surface area (TPSA) is 47.7 Å². The van der Waals surface area contributed by atoms with E-state index in [2.05, 4.69) is 33.0 Å². The van der Waals surface area contributed by atoms with Crippen molar-refractivity contribution >= 4 is 0 Å². The summed E-state index contributed by atoms with van der Waals surface area (Å²) in [4.78, 5) is 4.18.